The van der Waals surface area contributed by atoms with Crippen LogP contribution in [-0.2, 0) is 14.3 Å². The lowest BCUT2D eigenvalue weighted by atomic mass is 9.87. The quantitative estimate of drug-likeness (QED) is 0.344. The Labute approximate surface area is 160 Å². The molecule has 0 aromatic heterocycles. The predicted octanol–water partition coefficient (Wildman–Crippen LogP) is 5.47. The van der Waals surface area contributed by atoms with Gasteiger partial charge in [0, 0.05) is 0 Å². The highest BCUT2D eigenvalue weighted by molar-refractivity contribution is 5.82. The van der Waals surface area contributed by atoms with Gasteiger partial charge in [0.25, 0.3) is 0 Å². The number of rotatable bonds is 13. The first-order valence-corrected chi connectivity index (χ1v) is 10.3. The van der Waals surface area contributed by atoms with Crippen LogP contribution < -0.4 is 5.32 Å². The van der Waals surface area contributed by atoms with Gasteiger partial charge in [-0.15, -0.1) is 0 Å². The molecule has 0 saturated heterocycles. The fraction of sp³-hybridized carbons (Fsp3) is 0.905. The highest BCUT2D eigenvalue weighted by Crippen LogP contribution is 2.21. The largest absolute Gasteiger partial charge is 0.464 e. The number of nitrogens with one attached hydrogen (secondary N) is 1. The van der Waals surface area contributed by atoms with E-state index in [2.05, 4.69) is 12.2 Å². The summed E-state index contributed by atoms with van der Waals surface area (Å²) in [6, 6.07) is -0.712. The van der Waals surface area contributed by atoms with Gasteiger partial charge in [0.15, 0.2) is 0 Å². The van der Waals surface area contributed by atoms with Gasteiger partial charge >= 0.3 is 12.1 Å². The van der Waals surface area contributed by atoms with E-state index in [0.717, 1.165) is 12.8 Å². The third-order valence-corrected chi connectivity index (χ3v) is 4.15. The van der Waals surface area contributed by atoms with Crippen molar-refractivity contribution in [3.8, 4) is 0 Å². The van der Waals surface area contributed by atoms with E-state index in [1.807, 2.05) is 34.6 Å². The number of alkyl carbamates (subject to hydrolysis) is 1. The summed E-state index contributed by atoms with van der Waals surface area (Å²) >= 11 is 0. The van der Waals surface area contributed by atoms with Crippen molar-refractivity contribution in [3.63, 3.8) is 0 Å². The molecule has 0 bridgehead atoms. The fourth-order valence-corrected chi connectivity index (χ4v) is 2.52. The van der Waals surface area contributed by atoms with E-state index in [-0.39, 0.29) is 11.9 Å². The summed E-state index contributed by atoms with van der Waals surface area (Å²) < 4.78 is 10.5. The third-order valence-electron chi connectivity index (χ3n) is 4.15. The molecule has 26 heavy (non-hydrogen) atoms. The molecule has 0 radical (unpaired) electrons. The zero-order chi connectivity index (χ0) is 20.0. The summed E-state index contributed by atoms with van der Waals surface area (Å²) in [6.45, 7) is 12.6. The van der Waals surface area contributed by atoms with Gasteiger partial charge in [0.2, 0.25) is 0 Å². The first-order valence-electron chi connectivity index (χ1n) is 10.3. The summed E-state index contributed by atoms with van der Waals surface area (Å²) in [4.78, 5) is 24.3. The Morgan fingerprint density at radius 2 is 1.42 bits per heavy atom. The molecule has 0 rings (SSSR count). The molecular formula is C21H41NO4. The maximum absolute atomic E-state index is 12.4. The predicted molar refractivity (Wildman–Crippen MR) is 106 cm³/mol. The first kappa shape index (κ1) is 24.7. The van der Waals surface area contributed by atoms with E-state index in [0.29, 0.717) is 13.2 Å². The van der Waals surface area contributed by atoms with Crippen LogP contribution in [0, 0.1) is 11.3 Å². The third kappa shape index (κ3) is 13.0. The highest BCUT2D eigenvalue weighted by Gasteiger charge is 2.34. The molecule has 0 spiro atoms. The van der Waals surface area contributed by atoms with E-state index in [1.54, 1.807) is 0 Å². The summed E-state index contributed by atoms with van der Waals surface area (Å²) in [7, 11) is 0. The molecule has 1 amide bonds. The number of ether oxygens (including phenoxy) is 2. The molecule has 0 aliphatic carbocycles. The van der Waals surface area contributed by atoms with Gasteiger partial charge in [-0.3, -0.25) is 0 Å². The molecule has 0 fully saturated rings. The topological polar surface area (TPSA) is 64.6 Å². The SMILES string of the molecule is CCCCCCCCCCOC(=O)C(NC(=O)OCC(C)C)C(C)(C)C. The molecule has 1 atom stereocenters. The molecule has 5 nitrogen and oxygen atoms in total. The van der Waals surface area contributed by atoms with Crippen molar-refractivity contribution in [2.45, 2.75) is 99.0 Å². The minimum atomic E-state index is -0.712. The lowest BCUT2D eigenvalue weighted by molar-refractivity contribution is -0.149. The van der Waals surface area contributed by atoms with Gasteiger partial charge < -0.3 is 14.8 Å². The molecule has 1 N–H and O–H groups in total. The van der Waals surface area contributed by atoms with Crippen LogP contribution in [0.1, 0.15) is 92.9 Å². The second-order valence-electron chi connectivity index (χ2n) is 8.58. The van der Waals surface area contributed by atoms with Crippen LogP contribution in [0.2, 0.25) is 0 Å². The van der Waals surface area contributed by atoms with Crippen LogP contribution in [0.25, 0.3) is 0 Å². The van der Waals surface area contributed by atoms with Crippen LogP contribution in [-0.4, -0.2) is 31.3 Å². The molecule has 1 unspecified atom stereocenters. The summed E-state index contributed by atoms with van der Waals surface area (Å²) in [5, 5.41) is 2.66. The van der Waals surface area contributed by atoms with E-state index in [1.165, 1.54) is 38.5 Å². The van der Waals surface area contributed by atoms with Gasteiger partial charge in [-0.05, 0) is 17.8 Å². The molecule has 0 aromatic rings. The average Bonchev–Trinajstić information content (AvgIpc) is 2.55. The van der Waals surface area contributed by atoms with E-state index < -0.39 is 17.6 Å². The van der Waals surface area contributed by atoms with Crippen molar-refractivity contribution >= 4 is 12.1 Å². The molecule has 0 aliphatic rings. The molecule has 0 saturated carbocycles. The lowest BCUT2D eigenvalue weighted by Crippen LogP contribution is -2.50. The van der Waals surface area contributed by atoms with E-state index in [9.17, 15) is 9.59 Å². The zero-order valence-electron chi connectivity index (χ0n) is 17.9. The number of amides is 1. The lowest BCUT2D eigenvalue weighted by Gasteiger charge is -2.29. The maximum atomic E-state index is 12.4. The molecule has 0 aliphatic heterocycles. The number of hydrogen-bond acceptors (Lipinski definition) is 4. The van der Waals surface area contributed by atoms with Crippen molar-refractivity contribution in [3.05, 3.63) is 0 Å². The average molecular weight is 372 g/mol. The van der Waals surface area contributed by atoms with Crippen LogP contribution in [0.15, 0.2) is 0 Å². The molecule has 154 valence electrons. The Morgan fingerprint density at radius 3 is 1.92 bits per heavy atom. The summed E-state index contributed by atoms with van der Waals surface area (Å²) in [5.41, 5.74) is -0.437. The van der Waals surface area contributed by atoms with Crippen molar-refractivity contribution < 1.29 is 19.1 Å². The molecule has 5 heteroatoms. The van der Waals surface area contributed by atoms with Crippen LogP contribution in [0.4, 0.5) is 4.79 Å². The highest BCUT2D eigenvalue weighted by atomic mass is 16.6. The minimum Gasteiger partial charge on any atom is -0.464 e. The van der Waals surface area contributed by atoms with Gasteiger partial charge in [-0.1, -0.05) is 86.5 Å². The molecule has 0 aromatic carbocycles. The van der Waals surface area contributed by atoms with Gasteiger partial charge in [-0.2, -0.15) is 0 Å². The van der Waals surface area contributed by atoms with Gasteiger partial charge in [0.05, 0.1) is 13.2 Å². The van der Waals surface area contributed by atoms with Crippen molar-refractivity contribution in [2.24, 2.45) is 11.3 Å². The Balaban J connectivity index is 4.11. The Hall–Kier alpha value is -1.26. The number of carbonyl (C=O) groups is 2. The molecular weight excluding hydrogens is 330 g/mol. The first-order chi connectivity index (χ1) is 12.2. The monoisotopic (exact) mass is 371 g/mol. The number of unbranched alkanes of at least 4 members (excludes halogenated alkanes) is 7. The summed E-state index contributed by atoms with van der Waals surface area (Å²) in [6.07, 6.45) is 9.01. The number of carbonyl (C=O) groups excluding carboxylic acids is 2. The minimum absolute atomic E-state index is 0.253. The van der Waals surface area contributed by atoms with Crippen LogP contribution in [0.5, 0.6) is 0 Å². The standard InChI is InChI=1S/C21H41NO4/c1-7-8-9-10-11-12-13-14-15-25-19(23)18(21(4,5)6)22-20(24)26-16-17(2)3/h17-18H,7-16H2,1-6H3,(H,22,24). The summed E-state index contributed by atoms with van der Waals surface area (Å²) in [5.74, 6) is -0.135. The van der Waals surface area contributed by atoms with Crippen molar-refractivity contribution in [2.75, 3.05) is 13.2 Å². The zero-order valence-corrected chi connectivity index (χ0v) is 17.9. The Morgan fingerprint density at radius 1 is 0.885 bits per heavy atom. The maximum Gasteiger partial charge on any atom is 0.407 e. The fourth-order valence-electron chi connectivity index (χ4n) is 2.52. The second-order valence-corrected chi connectivity index (χ2v) is 8.58. The smallest absolute Gasteiger partial charge is 0.407 e. The second kappa shape index (κ2) is 13.9. The van der Waals surface area contributed by atoms with Crippen LogP contribution in [0.3, 0.4) is 0 Å². The Kier molecular flexibility index (Phi) is 13.2. The molecule has 0 heterocycles. The van der Waals surface area contributed by atoms with Crippen molar-refractivity contribution in [1.82, 2.24) is 5.32 Å². The Bertz CT molecular complexity index is 388. The number of esters is 1. The van der Waals surface area contributed by atoms with Crippen molar-refractivity contribution in [1.29, 1.82) is 0 Å². The number of hydrogen-bond donors (Lipinski definition) is 1. The van der Waals surface area contributed by atoms with Gasteiger partial charge in [0.1, 0.15) is 6.04 Å². The van der Waals surface area contributed by atoms with E-state index >= 15 is 0 Å². The van der Waals surface area contributed by atoms with Gasteiger partial charge in [-0.25, -0.2) is 9.59 Å². The normalized spacial score (nSPS) is 12.7. The van der Waals surface area contributed by atoms with Crippen LogP contribution >= 0.6 is 0 Å². The van der Waals surface area contributed by atoms with E-state index in [4.69, 9.17) is 9.47 Å².